The number of anilines is 2. The van der Waals surface area contributed by atoms with Crippen LogP contribution in [0.15, 0.2) is 18.2 Å². The van der Waals surface area contributed by atoms with Gasteiger partial charge >= 0.3 is 0 Å². The average molecular weight is 277 g/mol. The Hall–Kier alpha value is -1.75. The van der Waals surface area contributed by atoms with Gasteiger partial charge in [0.15, 0.2) is 0 Å². The molecule has 1 amide bonds. The molecule has 1 aromatic rings. The van der Waals surface area contributed by atoms with E-state index in [4.69, 9.17) is 5.73 Å². The van der Waals surface area contributed by atoms with Crippen molar-refractivity contribution in [2.45, 2.75) is 26.4 Å². The Bertz CT molecular complexity index is 490. The summed E-state index contributed by atoms with van der Waals surface area (Å²) in [6.07, 6.45) is 0.449. The highest BCUT2D eigenvalue weighted by Crippen LogP contribution is 2.28. The van der Waals surface area contributed by atoms with E-state index in [0.717, 1.165) is 18.8 Å². The molecule has 2 unspecified atom stereocenters. The second-order valence-corrected chi connectivity index (χ2v) is 5.42. The molecule has 1 saturated heterocycles. The van der Waals surface area contributed by atoms with Crippen molar-refractivity contribution in [1.82, 2.24) is 5.32 Å². The lowest BCUT2D eigenvalue weighted by atomic mass is 9.95. The summed E-state index contributed by atoms with van der Waals surface area (Å²) < 4.78 is 0. The summed E-state index contributed by atoms with van der Waals surface area (Å²) in [5.41, 5.74) is 8.01. The Morgan fingerprint density at radius 1 is 1.55 bits per heavy atom. The molecule has 5 heteroatoms. The maximum atomic E-state index is 12.1. The molecule has 1 heterocycles. The standard InChI is InChI=1S/C15H23N3O2/c1-3-17-15(20)12-5-4-11(16)8-13(12)18-7-6-14(19)10(2)9-18/h4-5,8,10,14,19H,3,6-7,9,16H2,1-2H3,(H,17,20). The van der Waals surface area contributed by atoms with Crippen molar-refractivity contribution < 1.29 is 9.90 Å². The zero-order valence-corrected chi connectivity index (χ0v) is 12.1. The molecular weight excluding hydrogens is 254 g/mol. The van der Waals surface area contributed by atoms with Crippen molar-refractivity contribution in [2.75, 3.05) is 30.3 Å². The molecule has 0 aromatic heterocycles. The number of nitrogens with zero attached hydrogens (tertiary/aromatic N) is 1. The van der Waals surface area contributed by atoms with E-state index in [1.54, 1.807) is 12.1 Å². The van der Waals surface area contributed by atoms with Crippen LogP contribution in [-0.2, 0) is 0 Å². The number of piperidine rings is 1. The molecule has 2 rings (SSSR count). The quantitative estimate of drug-likeness (QED) is 0.726. The normalized spacial score (nSPS) is 22.6. The van der Waals surface area contributed by atoms with Gasteiger partial charge in [0.05, 0.1) is 17.4 Å². The molecule has 5 nitrogen and oxygen atoms in total. The molecule has 1 fully saturated rings. The molecule has 0 bridgehead atoms. The lowest BCUT2D eigenvalue weighted by Gasteiger charge is -2.36. The van der Waals surface area contributed by atoms with Crippen LogP contribution in [0.2, 0.25) is 0 Å². The highest BCUT2D eigenvalue weighted by Gasteiger charge is 2.26. The second-order valence-electron chi connectivity index (χ2n) is 5.42. The van der Waals surface area contributed by atoms with Crippen molar-refractivity contribution in [3.63, 3.8) is 0 Å². The number of benzene rings is 1. The van der Waals surface area contributed by atoms with Crippen LogP contribution in [-0.4, -0.2) is 36.8 Å². The topological polar surface area (TPSA) is 78.6 Å². The van der Waals surface area contributed by atoms with Crippen LogP contribution >= 0.6 is 0 Å². The molecule has 0 radical (unpaired) electrons. The molecule has 0 aliphatic carbocycles. The fraction of sp³-hybridized carbons (Fsp3) is 0.533. The highest BCUT2D eigenvalue weighted by molar-refractivity contribution is 6.00. The fourth-order valence-corrected chi connectivity index (χ4v) is 2.61. The van der Waals surface area contributed by atoms with Gasteiger partial charge in [0.25, 0.3) is 5.91 Å². The number of carbonyl (C=O) groups excluding carboxylic acids is 1. The number of hydrogen-bond acceptors (Lipinski definition) is 4. The molecule has 20 heavy (non-hydrogen) atoms. The number of hydrogen-bond donors (Lipinski definition) is 3. The van der Waals surface area contributed by atoms with Gasteiger partial charge in [-0.05, 0) is 37.5 Å². The second kappa shape index (κ2) is 6.13. The highest BCUT2D eigenvalue weighted by atomic mass is 16.3. The first kappa shape index (κ1) is 14.7. The first-order chi connectivity index (χ1) is 9.52. The Labute approximate surface area is 119 Å². The van der Waals surface area contributed by atoms with Gasteiger partial charge in [-0.3, -0.25) is 4.79 Å². The minimum Gasteiger partial charge on any atom is -0.399 e. The summed E-state index contributed by atoms with van der Waals surface area (Å²) in [5, 5.41) is 12.7. The monoisotopic (exact) mass is 277 g/mol. The predicted molar refractivity (Wildman–Crippen MR) is 80.9 cm³/mol. The van der Waals surface area contributed by atoms with Gasteiger partial charge in [-0.1, -0.05) is 6.92 Å². The third-order valence-corrected chi connectivity index (χ3v) is 3.80. The van der Waals surface area contributed by atoms with Crippen molar-refractivity contribution in [2.24, 2.45) is 5.92 Å². The van der Waals surface area contributed by atoms with Gasteiger partial charge < -0.3 is 21.1 Å². The number of nitrogens with one attached hydrogen (secondary N) is 1. The summed E-state index contributed by atoms with van der Waals surface area (Å²) in [6, 6.07) is 5.36. The maximum absolute atomic E-state index is 12.1. The molecule has 2 atom stereocenters. The van der Waals surface area contributed by atoms with Crippen LogP contribution in [0, 0.1) is 5.92 Å². The van der Waals surface area contributed by atoms with Crippen LogP contribution in [0.5, 0.6) is 0 Å². The molecule has 4 N–H and O–H groups in total. The van der Waals surface area contributed by atoms with E-state index in [2.05, 4.69) is 10.2 Å². The third-order valence-electron chi connectivity index (χ3n) is 3.80. The van der Waals surface area contributed by atoms with Gasteiger partial charge in [0.2, 0.25) is 0 Å². The molecule has 1 aromatic carbocycles. The Balaban J connectivity index is 2.29. The van der Waals surface area contributed by atoms with Crippen LogP contribution in [0.25, 0.3) is 0 Å². The van der Waals surface area contributed by atoms with Gasteiger partial charge in [-0.15, -0.1) is 0 Å². The predicted octanol–water partition coefficient (Wildman–Crippen LogP) is 1.23. The number of nitrogens with two attached hydrogens (primary N) is 1. The maximum Gasteiger partial charge on any atom is 0.253 e. The molecular formula is C15H23N3O2. The Morgan fingerprint density at radius 2 is 2.30 bits per heavy atom. The van der Waals surface area contributed by atoms with Crippen molar-refractivity contribution >= 4 is 17.3 Å². The van der Waals surface area contributed by atoms with Crippen molar-refractivity contribution in [1.29, 1.82) is 0 Å². The molecule has 0 spiro atoms. The van der Waals surface area contributed by atoms with E-state index >= 15 is 0 Å². The minimum atomic E-state index is -0.264. The van der Waals surface area contributed by atoms with Gasteiger partial charge in [-0.2, -0.15) is 0 Å². The third kappa shape index (κ3) is 3.04. The fourth-order valence-electron chi connectivity index (χ4n) is 2.61. The van der Waals surface area contributed by atoms with E-state index in [9.17, 15) is 9.90 Å². The van der Waals surface area contributed by atoms with E-state index in [1.165, 1.54) is 0 Å². The van der Waals surface area contributed by atoms with E-state index in [-0.39, 0.29) is 17.9 Å². The van der Waals surface area contributed by atoms with Gasteiger partial charge in [0.1, 0.15) is 0 Å². The summed E-state index contributed by atoms with van der Waals surface area (Å²) in [4.78, 5) is 14.3. The molecule has 0 saturated carbocycles. The van der Waals surface area contributed by atoms with Crippen molar-refractivity contribution in [3.8, 4) is 0 Å². The summed E-state index contributed by atoms with van der Waals surface area (Å²) >= 11 is 0. The van der Waals surface area contributed by atoms with Crippen LogP contribution in [0.1, 0.15) is 30.6 Å². The van der Waals surface area contributed by atoms with Gasteiger partial charge in [-0.25, -0.2) is 0 Å². The number of aliphatic hydroxyl groups excluding tert-OH is 1. The number of amides is 1. The first-order valence-electron chi connectivity index (χ1n) is 7.13. The van der Waals surface area contributed by atoms with Crippen LogP contribution in [0.3, 0.4) is 0 Å². The summed E-state index contributed by atoms with van der Waals surface area (Å²) in [7, 11) is 0. The zero-order chi connectivity index (χ0) is 14.7. The zero-order valence-electron chi connectivity index (χ0n) is 12.1. The number of carbonyl (C=O) groups is 1. The smallest absolute Gasteiger partial charge is 0.253 e. The molecule has 1 aliphatic rings. The SMILES string of the molecule is CCNC(=O)c1ccc(N)cc1N1CCC(O)C(C)C1. The Kier molecular flexibility index (Phi) is 4.49. The first-order valence-corrected chi connectivity index (χ1v) is 7.13. The summed E-state index contributed by atoms with van der Waals surface area (Å²) in [6.45, 7) is 5.99. The van der Waals surface area contributed by atoms with E-state index in [0.29, 0.717) is 24.2 Å². The van der Waals surface area contributed by atoms with Crippen LogP contribution in [0.4, 0.5) is 11.4 Å². The molecule has 110 valence electrons. The average Bonchev–Trinajstić information content (AvgIpc) is 2.42. The number of aliphatic hydroxyl groups is 1. The lowest BCUT2D eigenvalue weighted by molar-refractivity contribution is 0.0948. The number of rotatable bonds is 3. The van der Waals surface area contributed by atoms with Gasteiger partial charge in [0, 0.05) is 25.3 Å². The largest absolute Gasteiger partial charge is 0.399 e. The van der Waals surface area contributed by atoms with E-state index in [1.807, 2.05) is 19.9 Å². The summed E-state index contributed by atoms with van der Waals surface area (Å²) in [5.74, 6) is 0.105. The van der Waals surface area contributed by atoms with Crippen molar-refractivity contribution in [3.05, 3.63) is 23.8 Å². The molecule has 1 aliphatic heterocycles. The van der Waals surface area contributed by atoms with E-state index < -0.39 is 0 Å². The lowest BCUT2D eigenvalue weighted by Crippen LogP contribution is -2.42. The van der Waals surface area contributed by atoms with Crippen LogP contribution < -0.4 is 16.0 Å². The number of nitrogen functional groups attached to an aromatic ring is 1. The Morgan fingerprint density at radius 3 is 2.95 bits per heavy atom. The minimum absolute atomic E-state index is 0.0822.